The Morgan fingerprint density at radius 1 is 1.40 bits per heavy atom. The normalized spacial score (nSPS) is 6.30. The van der Waals surface area contributed by atoms with Gasteiger partial charge in [0, 0.05) is 6.92 Å². The summed E-state index contributed by atoms with van der Waals surface area (Å²) in [6, 6.07) is 0. The Morgan fingerprint density at radius 2 is 1.50 bits per heavy atom. The standard InChI is InChI=1S/C2H4O2.C2H3O2.Na.Ni.H/c2*1-2(3)4;;;/h1H3,(H,3,4);1H2,(H,3,4);;;. The zero-order valence-electron chi connectivity index (χ0n) is 4.73. The topological polar surface area (TPSA) is 74.6 Å². The molecule has 4 nitrogen and oxygen atoms in total. The Hall–Kier alpha value is 0.434. The van der Waals surface area contributed by atoms with Crippen molar-refractivity contribution in [2.75, 3.05) is 0 Å². The van der Waals surface area contributed by atoms with Crippen LogP contribution in [-0.4, -0.2) is 51.7 Å². The Balaban J connectivity index is -0.0000000910. The molecule has 0 saturated heterocycles. The molecule has 6 heteroatoms. The summed E-state index contributed by atoms with van der Waals surface area (Å²) in [6.45, 7) is 1.08. The Morgan fingerprint density at radius 3 is 1.50 bits per heavy atom. The van der Waals surface area contributed by atoms with Crippen molar-refractivity contribution in [3.8, 4) is 0 Å². The number of carbonyl (C=O) groups is 2. The number of hydrogen-bond donors (Lipinski definition) is 2. The zero-order chi connectivity index (χ0) is 7.86. The van der Waals surface area contributed by atoms with E-state index in [0.29, 0.717) is 0 Å². The second kappa shape index (κ2) is 12.1. The van der Waals surface area contributed by atoms with Gasteiger partial charge in [-0.1, -0.05) is 0 Å². The molecule has 0 atom stereocenters. The molecule has 0 fully saturated rings. The third-order valence-corrected chi connectivity index (χ3v) is 0.394. The molecule has 10 heavy (non-hydrogen) atoms. The second-order valence-corrected chi connectivity index (χ2v) is 1.37. The van der Waals surface area contributed by atoms with Crippen LogP contribution in [0.4, 0.5) is 0 Å². The third-order valence-electron chi connectivity index (χ3n) is 0.0956. The Bertz CT molecular complexity index is 101. The van der Waals surface area contributed by atoms with Gasteiger partial charge in [-0.05, 0) is 0 Å². The van der Waals surface area contributed by atoms with Crippen LogP contribution >= 0.6 is 0 Å². The maximum atomic E-state index is 9.27. The zero-order valence-corrected chi connectivity index (χ0v) is 5.72. The molecule has 0 bridgehead atoms. The molecule has 0 heterocycles. The molecule has 0 aliphatic rings. The molecule has 0 aromatic heterocycles. The summed E-state index contributed by atoms with van der Waals surface area (Å²) in [6.07, 6.45) is 0. The van der Waals surface area contributed by atoms with Crippen molar-refractivity contribution in [1.82, 2.24) is 0 Å². The van der Waals surface area contributed by atoms with Crippen molar-refractivity contribution in [2.45, 2.75) is 12.3 Å². The number of carboxylic acid groups (broad SMARTS) is 2. The Kier molecular flexibility index (Phi) is 20.4. The van der Waals surface area contributed by atoms with Gasteiger partial charge in [0.1, 0.15) is 0 Å². The number of rotatable bonds is 1. The van der Waals surface area contributed by atoms with Crippen molar-refractivity contribution in [3.63, 3.8) is 0 Å². The fraction of sp³-hybridized carbons (Fsp3) is 0.500. The van der Waals surface area contributed by atoms with E-state index in [4.69, 9.17) is 15.0 Å². The number of carboxylic acids is 2. The van der Waals surface area contributed by atoms with Crippen LogP contribution in [0.5, 0.6) is 0 Å². The first-order valence-corrected chi connectivity index (χ1v) is 2.63. The van der Waals surface area contributed by atoms with E-state index in [2.05, 4.69) is 15.5 Å². The van der Waals surface area contributed by atoms with Gasteiger partial charge >= 0.3 is 66.3 Å². The molecule has 0 amide bonds. The first-order chi connectivity index (χ1) is 4.00. The van der Waals surface area contributed by atoms with E-state index in [-0.39, 0.29) is 34.9 Å². The molecule has 59 valence electrons. The van der Waals surface area contributed by atoms with Gasteiger partial charge < -0.3 is 5.11 Å². The van der Waals surface area contributed by atoms with Crippen LogP contribution in [0.15, 0.2) is 0 Å². The fourth-order valence-electron chi connectivity index (χ4n) is 0. The molecule has 0 unspecified atom stereocenters. The first-order valence-electron chi connectivity index (χ1n) is 1.93. The molecular formula is C4H8NaNiO4. The molecule has 0 spiro atoms. The summed E-state index contributed by atoms with van der Waals surface area (Å²) in [5.41, 5.74) is 0. The monoisotopic (exact) mass is 201 g/mol. The van der Waals surface area contributed by atoms with Gasteiger partial charge in [0.2, 0.25) is 0 Å². The van der Waals surface area contributed by atoms with Crippen LogP contribution in [0, 0.1) is 0 Å². The predicted octanol–water partition coefficient (Wildman–Crippen LogP) is -0.522. The molecule has 0 aromatic rings. The molecular weight excluding hydrogens is 194 g/mol. The second-order valence-electron chi connectivity index (χ2n) is 1.02. The van der Waals surface area contributed by atoms with Crippen LogP contribution < -0.4 is 0 Å². The minimum atomic E-state index is -0.912. The van der Waals surface area contributed by atoms with E-state index in [9.17, 15) is 4.79 Å². The van der Waals surface area contributed by atoms with E-state index in [1.165, 1.54) is 0 Å². The van der Waals surface area contributed by atoms with Crippen molar-refractivity contribution in [1.29, 1.82) is 0 Å². The van der Waals surface area contributed by atoms with Crippen LogP contribution in [0.3, 0.4) is 0 Å². The summed E-state index contributed by atoms with van der Waals surface area (Å²) < 4.78 is 0. The van der Waals surface area contributed by atoms with E-state index in [0.717, 1.165) is 6.92 Å². The van der Waals surface area contributed by atoms with Gasteiger partial charge in [0.25, 0.3) is 5.97 Å². The molecule has 0 aliphatic heterocycles. The minimum absolute atomic E-state index is 0. The van der Waals surface area contributed by atoms with Crippen LogP contribution in [0.25, 0.3) is 0 Å². The van der Waals surface area contributed by atoms with Crippen LogP contribution in [0.2, 0.25) is 5.39 Å². The number of hydrogen-bond acceptors (Lipinski definition) is 2. The van der Waals surface area contributed by atoms with Crippen molar-refractivity contribution < 1.29 is 35.3 Å². The maximum absolute atomic E-state index is 9.27. The summed E-state index contributed by atoms with van der Waals surface area (Å²) in [5, 5.41) is 14.9. The van der Waals surface area contributed by atoms with Gasteiger partial charge in [-0.3, -0.25) is 4.79 Å². The SMILES string of the molecule is CC(=O)O.O=C(O)[CH2][Ni].[NaH]. The number of aliphatic carboxylic acids is 2. The molecule has 2 N–H and O–H groups in total. The van der Waals surface area contributed by atoms with Crippen LogP contribution in [-0.2, 0) is 25.1 Å². The Labute approximate surface area is 88.7 Å². The average molecular weight is 202 g/mol. The summed E-state index contributed by atoms with van der Waals surface area (Å²) in [5.74, 6) is -1.75. The van der Waals surface area contributed by atoms with Gasteiger partial charge in [0.05, 0.1) is 0 Å². The van der Waals surface area contributed by atoms with Gasteiger partial charge in [-0.15, -0.1) is 0 Å². The van der Waals surface area contributed by atoms with E-state index < -0.39 is 11.9 Å². The third kappa shape index (κ3) is 78.7. The van der Waals surface area contributed by atoms with Crippen LogP contribution in [0.1, 0.15) is 6.92 Å². The predicted molar refractivity (Wildman–Crippen MR) is 32.9 cm³/mol. The quantitative estimate of drug-likeness (QED) is 0.560. The van der Waals surface area contributed by atoms with E-state index >= 15 is 0 Å². The van der Waals surface area contributed by atoms with E-state index in [1.807, 2.05) is 0 Å². The summed E-state index contributed by atoms with van der Waals surface area (Å²) in [7, 11) is 0. The molecule has 0 rings (SSSR count). The summed E-state index contributed by atoms with van der Waals surface area (Å²) >= 11 is 3.83. The van der Waals surface area contributed by atoms with Gasteiger partial charge in [0.15, 0.2) is 0 Å². The summed E-state index contributed by atoms with van der Waals surface area (Å²) in [4.78, 5) is 18.3. The molecule has 0 radical (unpaired) electrons. The van der Waals surface area contributed by atoms with Gasteiger partial charge in [-0.2, -0.15) is 0 Å². The molecule has 0 saturated carbocycles. The van der Waals surface area contributed by atoms with Gasteiger partial charge in [-0.25, -0.2) is 0 Å². The van der Waals surface area contributed by atoms with Crippen molar-refractivity contribution in [3.05, 3.63) is 0 Å². The molecule has 0 aromatic carbocycles. The fourth-order valence-corrected chi connectivity index (χ4v) is 0. The average Bonchev–Trinajstić information content (AvgIpc) is 1.65. The van der Waals surface area contributed by atoms with E-state index in [1.54, 1.807) is 0 Å². The first kappa shape index (κ1) is 16.8. The molecule has 0 aliphatic carbocycles. The van der Waals surface area contributed by atoms with Crippen molar-refractivity contribution >= 4 is 41.5 Å². The van der Waals surface area contributed by atoms with Crippen molar-refractivity contribution in [2.24, 2.45) is 0 Å².